The lowest BCUT2D eigenvalue weighted by Crippen LogP contribution is -2.53. The summed E-state index contributed by atoms with van der Waals surface area (Å²) in [7, 11) is -3.58. The van der Waals surface area contributed by atoms with E-state index in [1.54, 1.807) is 6.07 Å². The third-order valence-corrected chi connectivity index (χ3v) is 5.16. The third kappa shape index (κ3) is 2.19. The van der Waals surface area contributed by atoms with E-state index in [0.717, 1.165) is 7.11 Å². The second kappa shape index (κ2) is 5.35. The highest BCUT2D eigenvalue weighted by Gasteiger charge is 2.63. The van der Waals surface area contributed by atoms with Crippen molar-refractivity contribution in [1.29, 1.82) is 0 Å². The molecule has 0 amide bonds. The van der Waals surface area contributed by atoms with Crippen LogP contribution >= 0.6 is 0 Å². The minimum absolute atomic E-state index is 0.293. The van der Waals surface area contributed by atoms with Crippen LogP contribution in [-0.2, 0) is 19.4 Å². The summed E-state index contributed by atoms with van der Waals surface area (Å²) in [5.41, 5.74) is 0. The Balaban J connectivity index is 3.59. The smallest absolute Gasteiger partial charge is 0.416 e. The molecule has 0 aliphatic rings. The van der Waals surface area contributed by atoms with Gasteiger partial charge in [0, 0.05) is 6.42 Å². The largest absolute Gasteiger partial charge is 0.463 e. The number of sulfone groups is 1. The zero-order valence-electron chi connectivity index (χ0n) is 10.4. The van der Waals surface area contributed by atoms with Crippen molar-refractivity contribution >= 4 is 15.8 Å². The first-order valence-electron chi connectivity index (χ1n) is 5.37. The van der Waals surface area contributed by atoms with E-state index in [2.05, 4.69) is 4.74 Å². The minimum atomic E-state index is -4.50. The Morgan fingerprint density at radius 2 is 1.89 bits per heavy atom. The van der Waals surface area contributed by atoms with Crippen LogP contribution in [-0.4, -0.2) is 31.3 Å². The number of esters is 1. The van der Waals surface area contributed by atoms with Crippen molar-refractivity contribution in [2.45, 2.75) is 23.1 Å². The standard InChI is InChI=1S/C11H13NO6S/c1-3-11(12(14)15,10(13)18-2)19(16,17)9-7-5-4-6-8-9/h4-8H,3H2,1-2H3. The van der Waals surface area contributed by atoms with Gasteiger partial charge in [0.25, 0.3) is 9.84 Å². The van der Waals surface area contributed by atoms with Crippen LogP contribution in [0.4, 0.5) is 0 Å². The van der Waals surface area contributed by atoms with Crippen molar-refractivity contribution in [3.05, 3.63) is 40.4 Å². The molecule has 0 bridgehead atoms. The highest BCUT2D eigenvalue weighted by atomic mass is 32.2. The van der Waals surface area contributed by atoms with E-state index in [4.69, 9.17) is 0 Å². The SMILES string of the molecule is CCC(C(=O)OC)([N+](=O)[O-])S(=O)(=O)c1ccccc1. The van der Waals surface area contributed by atoms with Gasteiger partial charge in [-0.15, -0.1) is 0 Å². The molecule has 0 fully saturated rings. The molecule has 1 atom stereocenters. The number of carbonyl (C=O) groups is 1. The van der Waals surface area contributed by atoms with Crippen molar-refractivity contribution in [3.8, 4) is 0 Å². The maximum atomic E-state index is 12.4. The molecular formula is C11H13NO6S. The van der Waals surface area contributed by atoms with Gasteiger partial charge in [-0.2, -0.15) is 0 Å². The van der Waals surface area contributed by atoms with Gasteiger partial charge in [-0.3, -0.25) is 10.1 Å². The first-order valence-corrected chi connectivity index (χ1v) is 6.85. The van der Waals surface area contributed by atoms with Gasteiger partial charge in [0.15, 0.2) is 0 Å². The molecule has 0 aromatic heterocycles. The van der Waals surface area contributed by atoms with Gasteiger partial charge in [-0.1, -0.05) is 25.1 Å². The molecule has 0 N–H and O–H groups in total. The lowest BCUT2D eigenvalue weighted by Gasteiger charge is -2.21. The molecule has 19 heavy (non-hydrogen) atoms. The van der Waals surface area contributed by atoms with E-state index in [9.17, 15) is 23.3 Å². The van der Waals surface area contributed by atoms with Gasteiger partial charge in [0.2, 0.25) is 0 Å². The van der Waals surface area contributed by atoms with E-state index in [1.165, 1.54) is 31.2 Å². The number of methoxy groups -OCH3 is 1. The maximum Gasteiger partial charge on any atom is 0.416 e. The van der Waals surface area contributed by atoms with E-state index < -0.39 is 32.0 Å². The van der Waals surface area contributed by atoms with Gasteiger partial charge >= 0.3 is 10.8 Å². The predicted octanol–water partition coefficient (Wildman–Crippen LogP) is 1.02. The molecule has 0 spiro atoms. The summed E-state index contributed by atoms with van der Waals surface area (Å²) in [5.74, 6) is -1.40. The number of ether oxygens (including phenoxy) is 1. The fourth-order valence-corrected chi connectivity index (χ4v) is 3.48. The summed E-state index contributed by atoms with van der Waals surface area (Å²) in [6, 6.07) is 6.81. The van der Waals surface area contributed by atoms with Crippen molar-refractivity contribution in [3.63, 3.8) is 0 Å². The quantitative estimate of drug-likeness (QED) is 0.455. The molecule has 1 aromatic rings. The lowest BCUT2D eigenvalue weighted by atomic mass is 10.2. The summed E-state index contributed by atoms with van der Waals surface area (Å²) in [6.45, 7) is 1.25. The van der Waals surface area contributed by atoms with E-state index >= 15 is 0 Å². The predicted molar refractivity (Wildman–Crippen MR) is 65.7 cm³/mol. The average Bonchev–Trinajstić information content (AvgIpc) is 2.40. The zero-order valence-corrected chi connectivity index (χ0v) is 11.2. The Bertz CT molecular complexity index is 582. The van der Waals surface area contributed by atoms with Gasteiger partial charge in [0.1, 0.15) is 0 Å². The summed E-state index contributed by atoms with van der Waals surface area (Å²) >= 11 is 0. The monoisotopic (exact) mass is 287 g/mol. The molecule has 0 heterocycles. The van der Waals surface area contributed by atoms with Crippen LogP contribution in [0, 0.1) is 10.1 Å². The molecule has 0 radical (unpaired) electrons. The van der Waals surface area contributed by atoms with Gasteiger partial charge < -0.3 is 4.74 Å². The van der Waals surface area contributed by atoms with Crippen LogP contribution in [0.3, 0.4) is 0 Å². The molecule has 1 rings (SSSR count). The Morgan fingerprint density at radius 1 is 1.37 bits per heavy atom. The first-order chi connectivity index (χ1) is 8.84. The Kier molecular flexibility index (Phi) is 4.25. The topological polar surface area (TPSA) is 104 Å². The van der Waals surface area contributed by atoms with Crippen LogP contribution in [0.25, 0.3) is 0 Å². The van der Waals surface area contributed by atoms with Gasteiger partial charge in [-0.25, -0.2) is 13.2 Å². The van der Waals surface area contributed by atoms with E-state index in [0.29, 0.717) is 0 Å². The molecule has 104 valence electrons. The summed E-state index contributed by atoms with van der Waals surface area (Å²) in [5, 5.41) is 11.2. The zero-order chi connectivity index (χ0) is 14.7. The second-order valence-corrected chi connectivity index (χ2v) is 5.86. The number of hydrogen-bond donors (Lipinski definition) is 0. The highest BCUT2D eigenvalue weighted by molar-refractivity contribution is 7.93. The van der Waals surface area contributed by atoms with Crippen molar-refractivity contribution in [1.82, 2.24) is 0 Å². The van der Waals surface area contributed by atoms with Crippen LogP contribution < -0.4 is 0 Å². The van der Waals surface area contributed by atoms with Crippen molar-refractivity contribution in [2.75, 3.05) is 7.11 Å². The molecule has 7 nitrogen and oxygen atoms in total. The number of benzene rings is 1. The van der Waals surface area contributed by atoms with Gasteiger partial charge in [-0.05, 0) is 12.1 Å². The highest BCUT2D eigenvalue weighted by Crippen LogP contribution is 2.30. The fraction of sp³-hybridized carbons (Fsp3) is 0.364. The van der Waals surface area contributed by atoms with Crippen LogP contribution in [0.5, 0.6) is 0 Å². The van der Waals surface area contributed by atoms with Crippen LogP contribution in [0.2, 0.25) is 0 Å². The van der Waals surface area contributed by atoms with E-state index in [1.807, 2.05) is 0 Å². The molecular weight excluding hydrogens is 274 g/mol. The van der Waals surface area contributed by atoms with Crippen LogP contribution in [0.1, 0.15) is 13.3 Å². The number of carbonyl (C=O) groups excluding carboxylic acids is 1. The molecule has 0 saturated carbocycles. The Hall–Kier alpha value is -1.96. The van der Waals surface area contributed by atoms with Gasteiger partial charge in [0.05, 0.1) is 16.9 Å². The molecule has 0 aliphatic heterocycles. The molecule has 0 saturated heterocycles. The van der Waals surface area contributed by atoms with Crippen molar-refractivity contribution in [2.24, 2.45) is 0 Å². The number of nitrogens with zero attached hydrogens (tertiary/aromatic N) is 1. The average molecular weight is 287 g/mol. The molecule has 8 heteroatoms. The second-order valence-electron chi connectivity index (χ2n) is 3.70. The number of hydrogen-bond acceptors (Lipinski definition) is 6. The lowest BCUT2D eigenvalue weighted by molar-refractivity contribution is -0.527. The minimum Gasteiger partial charge on any atom is -0.463 e. The molecule has 1 unspecified atom stereocenters. The number of nitro groups is 1. The normalized spacial score (nSPS) is 14.4. The third-order valence-electron chi connectivity index (χ3n) is 2.78. The Labute approximate surface area is 110 Å². The first kappa shape index (κ1) is 15.1. The number of rotatable bonds is 5. The van der Waals surface area contributed by atoms with Crippen LogP contribution in [0.15, 0.2) is 35.2 Å². The van der Waals surface area contributed by atoms with Crippen molar-refractivity contribution < 1.29 is 22.9 Å². The summed E-state index contributed by atoms with van der Waals surface area (Å²) < 4.78 is 29.1. The van der Waals surface area contributed by atoms with E-state index in [-0.39, 0.29) is 4.90 Å². The Morgan fingerprint density at radius 3 is 2.26 bits per heavy atom. The summed E-state index contributed by atoms with van der Waals surface area (Å²) in [4.78, 5) is 18.7. The maximum absolute atomic E-state index is 12.4. The fourth-order valence-electron chi connectivity index (χ4n) is 1.70. The molecule has 1 aromatic carbocycles. The summed E-state index contributed by atoms with van der Waals surface area (Å²) in [6.07, 6.45) is -0.524. The molecule has 0 aliphatic carbocycles.